The Hall–Kier alpha value is -3.14. The van der Waals surface area contributed by atoms with Crippen LogP contribution in [0.15, 0.2) is 42.9 Å². The number of amides is 1. The van der Waals surface area contributed by atoms with Crippen LogP contribution in [0.3, 0.4) is 0 Å². The Morgan fingerprint density at radius 2 is 2.00 bits per heavy atom. The highest BCUT2D eigenvalue weighted by atomic mass is 19.4. The molecule has 3 heterocycles. The second kappa shape index (κ2) is 8.42. The number of rotatable bonds is 5. The van der Waals surface area contributed by atoms with Crippen LogP contribution in [0, 0.1) is 0 Å². The number of alkyl halides is 3. The van der Waals surface area contributed by atoms with Gasteiger partial charge in [0.05, 0.1) is 18.3 Å². The van der Waals surface area contributed by atoms with Gasteiger partial charge in [-0.2, -0.15) is 5.10 Å². The highest BCUT2D eigenvalue weighted by Gasteiger charge is 2.38. The van der Waals surface area contributed by atoms with Crippen molar-refractivity contribution in [3.63, 3.8) is 0 Å². The van der Waals surface area contributed by atoms with Crippen molar-refractivity contribution in [2.45, 2.75) is 44.5 Å². The van der Waals surface area contributed by atoms with Crippen molar-refractivity contribution in [3.05, 3.63) is 59.5 Å². The van der Waals surface area contributed by atoms with Gasteiger partial charge in [0, 0.05) is 19.0 Å². The molecule has 1 amide bonds. The number of nitrogens with zero attached hydrogens (tertiary/aromatic N) is 3. The molecule has 2 aromatic heterocycles. The Morgan fingerprint density at radius 1 is 1.25 bits per heavy atom. The SMILES string of the molecule is CC(C)c1cnc2c(C(=O)NC3(c4ccc(OC(F)(F)F)cc4)CCCOC3)cnn2c1. The van der Waals surface area contributed by atoms with Gasteiger partial charge in [0.15, 0.2) is 5.65 Å². The Balaban J connectivity index is 1.62. The van der Waals surface area contributed by atoms with Crippen molar-refractivity contribution >= 4 is 11.6 Å². The molecule has 1 fully saturated rings. The van der Waals surface area contributed by atoms with Gasteiger partial charge in [0.1, 0.15) is 11.3 Å². The minimum Gasteiger partial charge on any atom is -0.406 e. The molecule has 32 heavy (non-hydrogen) atoms. The van der Waals surface area contributed by atoms with Crippen LogP contribution in [-0.4, -0.2) is 40.1 Å². The number of aromatic nitrogens is 3. The fraction of sp³-hybridized carbons (Fsp3) is 0.409. The van der Waals surface area contributed by atoms with Gasteiger partial charge in [-0.1, -0.05) is 26.0 Å². The molecule has 1 unspecified atom stereocenters. The maximum Gasteiger partial charge on any atom is 0.573 e. The quantitative estimate of drug-likeness (QED) is 0.634. The molecule has 1 aliphatic heterocycles. The molecular formula is C22H23F3N4O3. The molecule has 1 saturated heterocycles. The molecule has 10 heteroatoms. The molecule has 7 nitrogen and oxygen atoms in total. The number of carbonyl (C=O) groups is 1. The van der Waals surface area contributed by atoms with E-state index in [1.165, 1.54) is 30.5 Å². The Morgan fingerprint density at radius 3 is 2.62 bits per heavy atom. The number of benzene rings is 1. The summed E-state index contributed by atoms with van der Waals surface area (Å²) >= 11 is 0. The minimum atomic E-state index is -4.77. The molecule has 170 valence electrons. The Labute approximate surface area is 182 Å². The molecule has 4 rings (SSSR count). The average Bonchev–Trinajstić information content (AvgIpc) is 3.17. The number of carbonyl (C=O) groups excluding carboxylic acids is 1. The van der Waals surface area contributed by atoms with Crippen LogP contribution >= 0.6 is 0 Å². The third-order valence-corrected chi connectivity index (χ3v) is 5.52. The summed E-state index contributed by atoms with van der Waals surface area (Å²) in [7, 11) is 0. The van der Waals surface area contributed by atoms with E-state index in [4.69, 9.17) is 4.74 Å². The van der Waals surface area contributed by atoms with E-state index >= 15 is 0 Å². The Bertz CT molecular complexity index is 1100. The van der Waals surface area contributed by atoms with E-state index in [1.807, 2.05) is 20.0 Å². The third-order valence-electron chi connectivity index (χ3n) is 5.52. The molecule has 0 aliphatic carbocycles. The zero-order valence-corrected chi connectivity index (χ0v) is 17.6. The maximum atomic E-state index is 13.2. The van der Waals surface area contributed by atoms with Crippen LogP contribution in [0.1, 0.15) is 54.1 Å². The van der Waals surface area contributed by atoms with Crippen molar-refractivity contribution in [2.24, 2.45) is 0 Å². The zero-order chi connectivity index (χ0) is 22.9. The van der Waals surface area contributed by atoms with Crippen LogP contribution in [-0.2, 0) is 10.3 Å². The van der Waals surface area contributed by atoms with Crippen molar-refractivity contribution in [1.82, 2.24) is 19.9 Å². The molecular weight excluding hydrogens is 425 g/mol. The van der Waals surface area contributed by atoms with Gasteiger partial charge in [-0.15, -0.1) is 13.2 Å². The number of ether oxygens (including phenoxy) is 2. The number of hydrogen-bond acceptors (Lipinski definition) is 5. The topological polar surface area (TPSA) is 77.8 Å². The second-order valence-electron chi connectivity index (χ2n) is 8.13. The van der Waals surface area contributed by atoms with Gasteiger partial charge in [-0.25, -0.2) is 9.50 Å². The first-order valence-corrected chi connectivity index (χ1v) is 10.3. The molecule has 1 atom stereocenters. The predicted molar refractivity (Wildman–Crippen MR) is 109 cm³/mol. The highest BCUT2D eigenvalue weighted by Crippen LogP contribution is 2.33. The van der Waals surface area contributed by atoms with Gasteiger partial charge in [-0.3, -0.25) is 4.79 Å². The highest BCUT2D eigenvalue weighted by molar-refractivity contribution is 6.00. The maximum absolute atomic E-state index is 13.2. The lowest BCUT2D eigenvalue weighted by atomic mass is 9.84. The summed E-state index contributed by atoms with van der Waals surface area (Å²) in [5.41, 5.74) is 1.46. The van der Waals surface area contributed by atoms with E-state index < -0.39 is 11.9 Å². The summed E-state index contributed by atoms with van der Waals surface area (Å²) in [5, 5.41) is 7.28. The number of nitrogens with one attached hydrogen (secondary N) is 1. The van der Waals surface area contributed by atoms with Crippen LogP contribution < -0.4 is 10.1 Å². The normalized spacial score (nSPS) is 19.3. The van der Waals surface area contributed by atoms with Gasteiger partial charge in [0.2, 0.25) is 0 Å². The summed E-state index contributed by atoms with van der Waals surface area (Å²) in [4.78, 5) is 17.6. The third kappa shape index (κ3) is 4.55. The molecule has 0 radical (unpaired) electrons. The van der Waals surface area contributed by atoms with Gasteiger partial charge < -0.3 is 14.8 Å². The molecule has 3 aromatic rings. The van der Waals surface area contributed by atoms with E-state index in [0.29, 0.717) is 36.2 Å². The van der Waals surface area contributed by atoms with Gasteiger partial charge >= 0.3 is 6.36 Å². The predicted octanol–water partition coefficient (Wildman–Crippen LogP) is 4.19. The molecule has 1 aromatic carbocycles. The van der Waals surface area contributed by atoms with E-state index in [0.717, 1.165) is 5.56 Å². The number of fused-ring (bicyclic) bond motifs is 1. The first-order valence-electron chi connectivity index (χ1n) is 10.3. The van der Waals surface area contributed by atoms with Crippen molar-refractivity contribution < 1.29 is 27.4 Å². The lowest BCUT2D eigenvalue weighted by Gasteiger charge is -2.38. The molecule has 0 spiro atoms. The smallest absolute Gasteiger partial charge is 0.406 e. The van der Waals surface area contributed by atoms with E-state index in [-0.39, 0.29) is 24.2 Å². The van der Waals surface area contributed by atoms with Crippen LogP contribution in [0.4, 0.5) is 13.2 Å². The van der Waals surface area contributed by atoms with Crippen molar-refractivity contribution in [2.75, 3.05) is 13.2 Å². The van der Waals surface area contributed by atoms with E-state index in [9.17, 15) is 18.0 Å². The summed E-state index contributed by atoms with van der Waals surface area (Å²) < 4.78 is 48.6. The zero-order valence-electron chi connectivity index (χ0n) is 17.6. The second-order valence-corrected chi connectivity index (χ2v) is 8.13. The van der Waals surface area contributed by atoms with Crippen LogP contribution in [0.25, 0.3) is 5.65 Å². The fourth-order valence-electron chi connectivity index (χ4n) is 3.80. The van der Waals surface area contributed by atoms with Crippen LogP contribution in [0.5, 0.6) is 5.75 Å². The standard InChI is InChI=1S/C22H23F3N4O3/c1-14(2)15-10-26-19-18(11-27-29(19)12-15)20(30)28-21(8-3-9-31-13-21)16-4-6-17(7-5-16)32-22(23,24)25/h4-7,10-12,14H,3,8-9,13H2,1-2H3,(H,28,30). The van der Waals surface area contributed by atoms with Gasteiger partial charge in [-0.05, 0) is 42.0 Å². The Kier molecular flexibility index (Phi) is 5.81. The lowest BCUT2D eigenvalue weighted by Crippen LogP contribution is -2.51. The average molecular weight is 448 g/mol. The molecule has 1 aliphatic rings. The minimum absolute atomic E-state index is 0.197. The first kappa shape index (κ1) is 22.1. The summed E-state index contributed by atoms with van der Waals surface area (Å²) in [6.45, 7) is 4.82. The van der Waals surface area contributed by atoms with E-state index in [1.54, 1.807) is 10.7 Å². The first-order chi connectivity index (χ1) is 15.2. The molecule has 0 saturated carbocycles. The molecule has 0 bridgehead atoms. The summed E-state index contributed by atoms with van der Waals surface area (Å²) in [6.07, 6.45) is 1.50. The summed E-state index contributed by atoms with van der Waals surface area (Å²) in [6, 6.07) is 5.49. The van der Waals surface area contributed by atoms with Crippen molar-refractivity contribution in [3.8, 4) is 5.75 Å². The fourth-order valence-corrected chi connectivity index (χ4v) is 3.80. The largest absolute Gasteiger partial charge is 0.573 e. The van der Waals surface area contributed by atoms with Crippen molar-refractivity contribution in [1.29, 1.82) is 0 Å². The van der Waals surface area contributed by atoms with E-state index in [2.05, 4.69) is 20.1 Å². The van der Waals surface area contributed by atoms with Gasteiger partial charge in [0.25, 0.3) is 5.91 Å². The monoisotopic (exact) mass is 448 g/mol. The summed E-state index contributed by atoms with van der Waals surface area (Å²) in [5.74, 6) is -0.446. The number of halogens is 3. The van der Waals surface area contributed by atoms with Crippen LogP contribution in [0.2, 0.25) is 0 Å². The lowest BCUT2D eigenvalue weighted by molar-refractivity contribution is -0.274. The molecule has 1 N–H and O–H groups in total. The number of hydrogen-bond donors (Lipinski definition) is 1.